The fraction of sp³-hybridized carbons (Fsp3) is 0.304. The quantitative estimate of drug-likeness (QED) is 0.564. The van der Waals surface area contributed by atoms with E-state index in [0.717, 1.165) is 10.5 Å². The Hall–Kier alpha value is -3.43. The van der Waals surface area contributed by atoms with Gasteiger partial charge < -0.3 is 15.8 Å². The highest BCUT2D eigenvalue weighted by Crippen LogP contribution is 2.54. The van der Waals surface area contributed by atoms with E-state index in [1.54, 1.807) is 49.6 Å². The molecule has 3 aliphatic rings. The van der Waals surface area contributed by atoms with Gasteiger partial charge in [0.15, 0.2) is 0 Å². The first-order valence-corrected chi connectivity index (χ1v) is 10.8. The number of para-hydroxylation sites is 1. The Labute approximate surface area is 194 Å². The second-order valence-corrected chi connectivity index (χ2v) is 8.87. The number of methoxy groups -OCH3 is 1. The molecule has 5 rings (SSSR count). The van der Waals surface area contributed by atoms with Gasteiger partial charge in [-0.1, -0.05) is 35.9 Å². The minimum Gasteiger partial charge on any atom is -0.497 e. The van der Waals surface area contributed by atoms with Crippen LogP contribution in [0.1, 0.15) is 17.5 Å². The third-order valence-corrected chi connectivity index (χ3v) is 7.03. The summed E-state index contributed by atoms with van der Waals surface area (Å²) in [6, 6.07) is 11.2. The first-order valence-electron chi connectivity index (χ1n) is 10.4. The average molecular weight is 469 g/mol. The van der Waals surface area contributed by atoms with Gasteiger partial charge in [-0.3, -0.25) is 29.4 Å². The lowest BCUT2D eigenvalue weighted by Gasteiger charge is -2.29. The number of imide groups is 1. The van der Waals surface area contributed by atoms with Crippen molar-refractivity contribution in [1.29, 1.82) is 0 Å². The number of ether oxygens (including phenoxy) is 1. The second kappa shape index (κ2) is 7.57. The second-order valence-electron chi connectivity index (χ2n) is 8.46. The number of rotatable bonds is 5. The number of fused-ring (bicyclic) bond motifs is 4. The molecule has 2 aromatic carbocycles. The van der Waals surface area contributed by atoms with Gasteiger partial charge in [0.25, 0.3) is 0 Å². The van der Waals surface area contributed by atoms with Gasteiger partial charge in [-0.2, -0.15) is 0 Å². The standard InChI is InChI=1S/C23H21ClN4O5/c1-33-12-7-5-11(6-8-12)10-28-20(30)17-15(9-16(25)29)27-23(18(17)21(28)31)13-3-2-4-14(24)19(13)26-22(23)32/h2-8,15,17-18,27H,9-10H2,1H3,(H2,25,29)(H,26,32). The predicted octanol–water partition coefficient (Wildman–Crippen LogP) is 1.14. The zero-order valence-corrected chi connectivity index (χ0v) is 18.4. The maximum atomic E-state index is 13.7. The van der Waals surface area contributed by atoms with E-state index in [2.05, 4.69) is 10.6 Å². The highest BCUT2D eigenvalue weighted by molar-refractivity contribution is 6.35. The SMILES string of the molecule is COc1ccc(CN2C(=O)C3C(CC(N)=O)NC4(C(=O)Nc5c(Cl)cccc54)C3C2=O)cc1. The summed E-state index contributed by atoms with van der Waals surface area (Å²) in [6.45, 7) is 0.0397. The van der Waals surface area contributed by atoms with Gasteiger partial charge in [0.1, 0.15) is 11.3 Å². The van der Waals surface area contributed by atoms with E-state index >= 15 is 0 Å². The molecule has 4 amide bonds. The van der Waals surface area contributed by atoms with Crippen LogP contribution in [0, 0.1) is 11.8 Å². The van der Waals surface area contributed by atoms with Crippen LogP contribution in [0.5, 0.6) is 5.75 Å². The number of hydrogen-bond donors (Lipinski definition) is 3. The van der Waals surface area contributed by atoms with Crippen LogP contribution in [0.2, 0.25) is 5.02 Å². The van der Waals surface area contributed by atoms with Crippen LogP contribution in [0.3, 0.4) is 0 Å². The van der Waals surface area contributed by atoms with E-state index in [4.69, 9.17) is 22.1 Å². The number of halogens is 1. The number of amides is 4. The maximum Gasteiger partial charge on any atom is 0.250 e. The van der Waals surface area contributed by atoms with Gasteiger partial charge in [-0.15, -0.1) is 0 Å². The van der Waals surface area contributed by atoms with Crippen LogP contribution in [-0.2, 0) is 31.3 Å². The molecule has 0 saturated carbocycles. The maximum absolute atomic E-state index is 13.7. The Bertz CT molecular complexity index is 1200. The fourth-order valence-corrected chi connectivity index (χ4v) is 5.54. The summed E-state index contributed by atoms with van der Waals surface area (Å²) in [5, 5.41) is 6.21. The number of primary amides is 1. The number of anilines is 1. The molecule has 2 fully saturated rings. The molecule has 0 aliphatic carbocycles. The third-order valence-electron chi connectivity index (χ3n) is 6.71. The van der Waals surface area contributed by atoms with E-state index in [0.29, 0.717) is 22.0 Å². The highest BCUT2D eigenvalue weighted by atomic mass is 35.5. The van der Waals surface area contributed by atoms with Gasteiger partial charge in [-0.05, 0) is 23.8 Å². The number of carbonyl (C=O) groups excluding carboxylic acids is 4. The highest BCUT2D eigenvalue weighted by Gasteiger charge is 2.70. The lowest BCUT2D eigenvalue weighted by molar-refractivity contribution is -0.143. The Balaban J connectivity index is 1.58. The van der Waals surface area contributed by atoms with Crippen LogP contribution < -0.4 is 21.1 Å². The zero-order chi connectivity index (χ0) is 23.5. The van der Waals surface area contributed by atoms with E-state index in [-0.39, 0.29) is 13.0 Å². The molecule has 170 valence electrons. The smallest absolute Gasteiger partial charge is 0.250 e. The van der Waals surface area contributed by atoms with Crippen molar-refractivity contribution >= 4 is 40.9 Å². The van der Waals surface area contributed by atoms with Gasteiger partial charge >= 0.3 is 0 Å². The summed E-state index contributed by atoms with van der Waals surface area (Å²) in [5.41, 5.74) is 5.52. The molecule has 3 aliphatic heterocycles. The summed E-state index contributed by atoms with van der Waals surface area (Å²) in [4.78, 5) is 53.4. The fourth-order valence-electron chi connectivity index (χ4n) is 5.31. The number of nitrogens with one attached hydrogen (secondary N) is 2. The molecule has 4 unspecified atom stereocenters. The van der Waals surface area contributed by atoms with Gasteiger partial charge in [0.2, 0.25) is 23.6 Å². The molecule has 3 heterocycles. The number of nitrogens with two attached hydrogens (primary N) is 1. The first kappa shape index (κ1) is 21.4. The molecule has 4 atom stereocenters. The summed E-state index contributed by atoms with van der Waals surface area (Å²) in [5.74, 6) is -3.35. The molecule has 0 aromatic heterocycles. The van der Waals surface area contributed by atoms with Gasteiger partial charge in [0.05, 0.1) is 36.2 Å². The molecule has 33 heavy (non-hydrogen) atoms. The lowest BCUT2D eigenvalue weighted by Crippen LogP contribution is -2.53. The first-order chi connectivity index (χ1) is 15.8. The van der Waals surface area contributed by atoms with Crippen molar-refractivity contribution in [3.05, 3.63) is 58.6 Å². The molecule has 4 N–H and O–H groups in total. The molecular weight excluding hydrogens is 448 g/mol. The zero-order valence-electron chi connectivity index (χ0n) is 17.6. The molecule has 1 spiro atoms. The number of carbonyl (C=O) groups is 4. The summed E-state index contributed by atoms with van der Waals surface area (Å²) < 4.78 is 5.16. The van der Waals surface area contributed by atoms with Crippen LogP contribution in [0.4, 0.5) is 5.69 Å². The molecular formula is C23H21ClN4O5. The Morgan fingerprint density at radius 3 is 2.55 bits per heavy atom. The van der Waals surface area contributed by atoms with Crippen molar-refractivity contribution < 1.29 is 23.9 Å². The summed E-state index contributed by atoms with van der Waals surface area (Å²) in [7, 11) is 1.55. The molecule has 0 radical (unpaired) electrons. The monoisotopic (exact) mass is 468 g/mol. The number of hydrogen-bond acceptors (Lipinski definition) is 6. The number of nitrogens with zero attached hydrogens (tertiary/aromatic N) is 1. The summed E-state index contributed by atoms with van der Waals surface area (Å²) >= 11 is 6.30. The minimum absolute atomic E-state index is 0.0397. The Kier molecular flexibility index (Phi) is 4.91. The molecule has 2 saturated heterocycles. The molecule has 2 aromatic rings. The van der Waals surface area contributed by atoms with E-state index in [1.165, 1.54) is 0 Å². The van der Waals surface area contributed by atoms with Crippen molar-refractivity contribution in [3.63, 3.8) is 0 Å². The van der Waals surface area contributed by atoms with Crippen molar-refractivity contribution in [2.45, 2.75) is 24.5 Å². The lowest BCUT2D eigenvalue weighted by atomic mass is 9.76. The van der Waals surface area contributed by atoms with Crippen molar-refractivity contribution in [2.24, 2.45) is 17.6 Å². The van der Waals surface area contributed by atoms with Crippen molar-refractivity contribution in [1.82, 2.24) is 10.2 Å². The topological polar surface area (TPSA) is 131 Å². The van der Waals surface area contributed by atoms with Crippen LogP contribution in [0.15, 0.2) is 42.5 Å². The minimum atomic E-state index is -1.52. The normalized spacial score (nSPS) is 27.6. The summed E-state index contributed by atoms with van der Waals surface area (Å²) in [6.07, 6.45) is -0.193. The van der Waals surface area contributed by atoms with Gasteiger partial charge in [-0.25, -0.2) is 0 Å². The number of likely N-dealkylation sites (tertiary alicyclic amines) is 1. The van der Waals surface area contributed by atoms with E-state index in [9.17, 15) is 19.2 Å². The van der Waals surface area contributed by atoms with Crippen LogP contribution >= 0.6 is 11.6 Å². The Morgan fingerprint density at radius 1 is 1.15 bits per heavy atom. The van der Waals surface area contributed by atoms with E-state index in [1.807, 2.05) is 0 Å². The van der Waals surface area contributed by atoms with Crippen LogP contribution in [-0.4, -0.2) is 41.7 Å². The van der Waals surface area contributed by atoms with Crippen molar-refractivity contribution in [2.75, 3.05) is 12.4 Å². The van der Waals surface area contributed by atoms with Gasteiger partial charge in [0, 0.05) is 18.0 Å². The largest absolute Gasteiger partial charge is 0.497 e. The average Bonchev–Trinajstić information content (AvgIpc) is 3.35. The molecule has 9 nitrogen and oxygen atoms in total. The van der Waals surface area contributed by atoms with E-state index < -0.39 is 47.0 Å². The molecule has 0 bridgehead atoms. The predicted molar refractivity (Wildman–Crippen MR) is 118 cm³/mol. The molecule has 10 heteroatoms. The Morgan fingerprint density at radius 2 is 1.88 bits per heavy atom. The van der Waals surface area contributed by atoms with Crippen molar-refractivity contribution in [3.8, 4) is 5.75 Å². The van der Waals surface area contributed by atoms with Crippen LogP contribution in [0.25, 0.3) is 0 Å². The third kappa shape index (κ3) is 3.03. The number of benzene rings is 2.